The van der Waals surface area contributed by atoms with Crippen molar-refractivity contribution < 1.29 is 4.74 Å². The Bertz CT molecular complexity index is 495. The van der Waals surface area contributed by atoms with Gasteiger partial charge in [-0.2, -0.15) is 0 Å². The van der Waals surface area contributed by atoms with E-state index in [0.717, 1.165) is 12.2 Å². The molecule has 0 aliphatic carbocycles. The van der Waals surface area contributed by atoms with Gasteiger partial charge in [-0.3, -0.25) is 0 Å². The van der Waals surface area contributed by atoms with Crippen LogP contribution in [0.3, 0.4) is 0 Å². The van der Waals surface area contributed by atoms with E-state index in [0.29, 0.717) is 23.2 Å². The zero-order valence-corrected chi connectivity index (χ0v) is 11.4. The highest BCUT2D eigenvalue weighted by Gasteiger charge is 2.06. The van der Waals surface area contributed by atoms with Gasteiger partial charge in [0.25, 0.3) is 0 Å². The van der Waals surface area contributed by atoms with Crippen LogP contribution in [0.2, 0.25) is 0 Å². The van der Waals surface area contributed by atoms with E-state index < -0.39 is 0 Å². The summed E-state index contributed by atoms with van der Waals surface area (Å²) < 4.78 is 9.39. The minimum absolute atomic E-state index is 0.366. The minimum Gasteiger partial charge on any atom is -0.487 e. The molecule has 0 aliphatic rings. The molecule has 0 saturated heterocycles. The molecule has 1 aromatic heterocycles. The molecule has 5 heteroatoms. The molecule has 2 aromatic rings. The predicted molar refractivity (Wildman–Crippen MR) is 73.8 cm³/mol. The molecule has 1 aromatic carbocycles. The van der Waals surface area contributed by atoms with Crippen LogP contribution in [0.25, 0.3) is 0 Å². The van der Waals surface area contributed by atoms with Crippen LogP contribution in [-0.2, 0) is 6.61 Å². The Morgan fingerprint density at radius 3 is 2.61 bits per heavy atom. The summed E-state index contributed by atoms with van der Waals surface area (Å²) in [6.45, 7) is 4.77. The van der Waals surface area contributed by atoms with Crippen molar-refractivity contribution in [3.63, 3.8) is 0 Å². The molecule has 2 rings (SSSR count). The number of hydrogen-bond acceptors (Lipinski definition) is 5. The van der Waals surface area contributed by atoms with Gasteiger partial charge in [0, 0.05) is 11.5 Å². The first kappa shape index (κ1) is 12.8. The van der Waals surface area contributed by atoms with Gasteiger partial charge in [-0.1, -0.05) is 30.5 Å². The summed E-state index contributed by atoms with van der Waals surface area (Å²) in [5.41, 5.74) is 7.73. The fourth-order valence-corrected chi connectivity index (χ4v) is 2.03. The molecule has 2 N–H and O–H groups in total. The van der Waals surface area contributed by atoms with Gasteiger partial charge in [-0.05, 0) is 30.0 Å². The first-order valence-electron chi connectivity index (χ1n) is 6.00. The topological polar surface area (TPSA) is 61.0 Å². The SMILES string of the molecule is CCC(C)c1ccc(OCc2nnsc2N)cc1. The van der Waals surface area contributed by atoms with Crippen molar-refractivity contribution in [3.05, 3.63) is 35.5 Å². The number of rotatable bonds is 5. The second-order valence-electron chi connectivity index (χ2n) is 4.25. The van der Waals surface area contributed by atoms with E-state index in [1.807, 2.05) is 12.1 Å². The Morgan fingerprint density at radius 1 is 1.33 bits per heavy atom. The molecule has 1 heterocycles. The van der Waals surface area contributed by atoms with Gasteiger partial charge in [0.2, 0.25) is 0 Å². The van der Waals surface area contributed by atoms with E-state index in [4.69, 9.17) is 10.5 Å². The largest absolute Gasteiger partial charge is 0.487 e. The van der Waals surface area contributed by atoms with Gasteiger partial charge < -0.3 is 10.5 Å². The maximum Gasteiger partial charge on any atom is 0.136 e. The number of nitrogens with two attached hydrogens (primary N) is 1. The Labute approximate surface area is 111 Å². The summed E-state index contributed by atoms with van der Waals surface area (Å²) >= 11 is 1.19. The lowest BCUT2D eigenvalue weighted by Crippen LogP contribution is -1.99. The second-order valence-corrected chi connectivity index (χ2v) is 5.04. The van der Waals surface area contributed by atoms with E-state index in [1.54, 1.807) is 0 Å². The van der Waals surface area contributed by atoms with E-state index in [-0.39, 0.29) is 0 Å². The van der Waals surface area contributed by atoms with Gasteiger partial charge in [-0.15, -0.1) is 5.10 Å². The van der Waals surface area contributed by atoms with Crippen LogP contribution in [0, 0.1) is 0 Å². The van der Waals surface area contributed by atoms with Crippen molar-refractivity contribution in [1.82, 2.24) is 9.59 Å². The molecule has 4 nitrogen and oxygen atoms in total. The number of hydrogen-bond donors (Lipinski definition) is 1. The van der Waals surface area contributed by atoms with Crippen LogP contribution in [0.4, 0.5) is 5.00 Å². The van der Waals surface area contributed by atoms with Gasteiger partial charge >= 0.3 is 0 Å². The fraction of sp³-hybridized carbons (Fsp3) is 0.385. The summed E-state index contributed by atoms with van der Waals surface area (Å²) in [7, 11) is 0. The van der Waals surface area contributed by atoms with E-state index in [9.17, 15) is 0 Å². The molecule has 1 atom stereocenters. The lowest BCUT2D eigenvalue weighted by molar-refractivity contribution is 0.301. The minimum atomic E-state index is 0.366. The molecule has 0 fully saturated rings. The van der Waals surface area contributed by atoms with Crippen molar-refractivity contribution in [3.8, 4) is 5.75 Å². The van der Waals surface area contributed by atoms with Gasteiger partial charge in [0.15, 0.2) is 0 Å². The smallest absolute Gasteiger partial charge is 0.136 e. The molecular formula is C13H17N3OS. The van der Waals surface area contributed by atoms with Crippen LogP contribution in [-0.4, -0.2) is 9.59 Å². The van der Waals surface area contributed by atoms with Crippen molar-refractivity contribution in [2.45, 2.75) is 32.8 Å². The van der Waals surface area contributed by atoms with E-state index in [1.165, 1.54) is 17.1 Å². The molecule has 18 heavy (non-hydrogen) atoms. The number of anilines is 1. The monoisotopic (exact) mass is 263 g/mol. The molecular weight excluding hydrogens is 246 g/mol. The number of nitrogens with zero attached hydrogens (tertiary/aromatic N) is 2. The number of aromatic nitrogens is 2. The molecule has 0 bridgehead atoms. The standard InChI is InChI=1S/C13H17N3OS/c1-3-9(2)10-4-6-11(7-5-10)17-8-12-13(14)18-16-15-12/h4-7,9H,3,8,14H2,1-2H3. The highest BCUT2D eigenvalue weighted by molar-refractivity contribution is 7.09. The van der Waals surface area contributed by atoms with Crippen LogP contribution in [0.15, 0.2) is 24.3 Å². The Morgan fingerprint density at radius 2 is 2.06 bits per heavy atom. The summed E-state index contributed by atoms with van der Waals surface area (Å²) in [5, 5.41) is 4.53. The van der Waals surface area contributed by atoms with Crippen molar-refractivity contribution in [1.29, 1.82) is 0 Å². The molecule has 0 amide bonds. The first-order chi connectivity index (χ1) is 8.70. The molecule has 0 saturated carbocycles. The third kappa shape index (κ3) is 2.98. The zero-order valence-electron chi connectivity index (χ0n) is 10.6. The average Bonchev–Trinajstić information content (AvgIpc) is 2.81. The third-order valence-electron chi connectivity index (χ3n) is 3.02. The van der Waals surface area contributed by atoms with Crippen LogP contribution < -0.4 is 10.5 Å². The average molecular weight is 263 g/mol. The maximum absolute atomic E-state index is 5.70. The number of nitrogen functional groups attached to an aromatic ring is 1. The second kappa shape index (κ2) is 5.82. The zero-order chi connectivity index (χ0) is 13.0. The fourth-order valence-electron chi connectivity index (χ4n) is 1.60. The summed E-state index contributed by atoms with van der Waals surface area (Å²) in [4.78, 5) is 0. The summed E-state index contributed by atoms with van der Waals surface area (Å²) in [6.07, 6.45) is 1.14. The molecule has 96 valence electrons. The highest BCUT2D eigenvalue weighted by Crippen LogP contribution is 2.22. The van der Waals surface area contributed by atoms with Crippen LogP contribution in [0.1, 0.15) is 37.4 Å². The Kier molecular flexibility index (Phi) is 4.15. The van der Waals surface area contributed by atoms with Crippen LogP contribution >= 0.6 is 11.5 Å². The van der Waals surface area contributed by atoms with Crippen molar-refractivity contribution in [2.24, 2.45) is 0 Å². The maximum atomic E-state index is 5.70. The first-order valence-corrected chi connectivity index (χ1v) is 6.77. The third-order valence-corrected chi connectivity index (χ3v) is 3.62. The Balaban J connectivity index is 1.96. The van der Waals surface area contributed by atoms with Crippen molar-refractivity contribution in [2.75, 3.05) is 5.73 Å². The van der Waals surface area contributed by atoms with Gasteiger partial charge in [0.05, 0.1) is 0 Å². The molecule has 0 spiro atoms. The van der Waals surface area contributed by atoms with Crippen molar-refractivity contribution >= 4 is 16.5 Å². The van der Waals surface area contributed by atoms with E-state index >= 15 is 0 Å². The number of ether oxygens (including phenoxy) is 1. The van der Waals surface area contributed by atoms with Crippen LogP contribution in [0.5, 0.6) is 5.75 Å². The number of benzene rings is 1. The van der Waals surface area contributed by atoms with Gasteiger partial charge in [0.1, 0.15) is 23.1 Å². The van der Waals surface area contributed by atoms with Gasteiger partial charge in [-0.25, -0.2) is 0 Å². The predicted octanol–water partition coefficient (Wildman–Crippen LogP) is 3.21. The summed E-state index contributed by atoms with van der Waals surface area (Å²) in [6, 6.07) is 8.17. The lowest BCUT2D eigenvalue weighted by atomic mass is 9.99. The summed E-state index contributed by atoms with van der Waals surface area (Å²) in [5.74, 6) is 1.41. The lowest BCUT2D eigenvalue weighted by Gasteiger charge is -2.10. The van der Waals surface area contributed by atoms with E-state index in [2.05, 4.69) is 35.6 Å². The Hall–Kier alpha value is -1.62. The quantitative estimate of drug-likeness (QED) is 0.899. The highest BCUT2D eigenvalue weighted by atomic mass is 32.1. The molecule has 1 unspecified atom stereocenters. The normalized spacial score (nSPS) is 12.3. The molecule has 0 radical (unpaired) electrons. The molecule has 0 aliphatic heterocycles.